The quantitative estimate of drug-likeness (QED) is 0.782. The number of nitrogens with zero attached hydrogens (tertiary/aromatic N) is 1. The van der Waals surface area contributed by atoms with Crippen molar-refractivity contribution >= 4 is 5.91 Å². The van der Waals surface area contributed by atoms with Crippen molar-refractivity contribution in [2.75, 3.05) is 0 Å². The van der Waals surface area contributed by atoms with E-state index in [1.807, 2.05) is 24.3 Å². The number of aliphatic hydroxyl groups is 1. The van der Waals surface area contributed by atoms with Crippen molar-refractivity contribution in [3.05, 3.63) is 65.0 Å². The molecule has 108 valence electrons. The van der Waals surface area contributed by atoms with Crippen molar-refractivity contribution in [1.82, 2.24) is 10.3 Å². The van der Waals surface area contributed by atoms with Crippen molar-refractivity contribution < 1.29 is 9.90 Å². The number of rotatable bonds is 3. The zero-order chi connectivity index (χ0) is 14.8. The summed E-state index contributed by atoms with van der Waals surface area (Å²) >= 11 is 0. The van der Waals surface area contributed by atoms with Gasteiger partial charge in [-0.1, -0.05) is 24.3 Å². The number of hydrogen-bond acceptors (Lipinski definition) is 4. The Morgan fingerprint density at radius 3 is 3.00 bits per heavy atom. The highest BCUT2D eigenvalue weighted by Crippen LogP contribution is 2.31. The molecule has 0 fully saturated rings. The Bertz CT molecular complexity index is 672. The second-order valence-electron chi connectivity index (χ2n) is 5.16. The van der Waals surface area contributed by atoms with E-state index in [0.717, 1.165) is 11.1 Å². The fourth-order valence-electron chi connectivity index (χ4n) is 2.70. The number of benzene rings is 1. The SMILES string of the molecule is NCc1cc(C(=O)N[C@H]2c3ccccc3C[C@H]2O)ccn1. The molecule has 5 nitrogen and oxygen atoms in total. The molecule has 1 heterocycles. The minimum Gasteiger partial charge on any atom is -0.390 e. The fourth-order valence-corrected chi connectivity index (χ4v) is 2.70. The molecule has 1 aliphatic rings. The first-order valence-corrected chi connectivity index (χ1v) is 6.91. The van der Waals surface area contributed by atoms with Gasteiger partial charge < -0.3 is 16.2 Å². The molecule has 0 bridgehead atoms. The molecule has 4 N–H and O–H groups in total. The Morgan fingerprint density at radius 1 is 1.38 bits per heavy atom. The molecular weight excluding hydrogens is 266 g/mol. The summed E-state index contributed by atoms with van der Waals surface area (Å²) in [6, 6.07) is 10.7. The van der Waals surface area contributed by atoms with Crippen LogP contribution >= 0.6 is 0 Å². The Balaban J connectivity index is 1.81. The van der Waals surface area contributed by atoms with Crippen LogP contribution in [0.3, 0.4) is 0 Å². The van der Waals surface area contributed by atoms with Gasteiger partial charge in [-0.05, 0) is 23.3 Å². The van der Waals surface area contributed by atoms with Gasteiger partial charge in [0.15, 0.2) is 0 Å². The fraction of sp³-hybridized carbons (Fsp3) is 0.250. The number of carbonyl (C=O) groups excluding carboxylic acids is 1. The van der Waals surface area contributed by atoms with E-state index >= 15 is 0 Å². The summed E-state index contributed by atoms with van der Waals surface area (Å²) in [5.41, 5.74) is 8.75. The van der Waals surface area contributed by atoms with Crippen molar-refractivity contribution in [1.29, 1.82) is 0 Å². The molecule has 1 aromatic heterocycles. The normalized spacial score (nSPS) is 20.1. The lowest BCUT2D eigenvalue weighted by Gasteiger charge is -2.18. The van der Waals surface area contributed by atoms with Crippen molar-refractivity contribution in [3.63, 3.8) is 0 Å². The maximum atomic E-state index is 12.3. The van der Waals surface area contributed by atoms with Gasteiger partial charge in [0.1, 0.15) is 0 Å². The molecule has 1 aromatic carbocycles. The molecule has 0 saturated carbocycles. The predicted octanol–water partition coefficient (Wildman–Crippen LogP) is 0.928. The molecule has 2 aromatic rings. The minimum atomic E-state index is -0.595. The Morgan fingerprint density at radius 2 is 2.19 bits per heavy atom. The smallest absolute Gasteiger partial charge is 0.251 e. The number of amides is 1. The average molecular weight is 283 g/mol. The largest absolute Gasteiger partial charge is 0.390 e. The van der Waals surface area contributed by atoms with Crippen LogP contribution in [0.5, 0.6) is 0 Å². The molecule has 1 aliphatic carbocycles. The third-order valence-corrected chi connectivity index (χ3v) is 3.78. The monoisotopic (exact) mass is 283 g/mol. The maximum Gasteiger partial charge on any atom is 0.251 e. The third kappa shape index (κ3) is 2.66. The number of pyridine rings is 1. The van der Waals surface area contributed by atoms with Gasteiger partial charge in [-0.3, -0.25) is 9.78 Å². The van der Waals surface area contributed by atoms with Crippen LogP contribution < -0.4 is 11.1 Å². The number of fused-ring (bicyclic) bond motifs is 1. The zero-order valence-corrected chi connectivity index (χ0v) is 11.5. The highest BCUT2D eigenvalue weighted by atomic mass is 16.3. The van der Waals surface area contributed by atoms with Crippen LogP contribution in [0.15, 0.2) is 42.6 Å². The molecule has 0 unspecified atom stereocenters. The van der Waals surface area contributed by atoms with Gasteiger partial charge in [0.25, 0.3) is 5.91 Å². The summed E-state index contributed by atoms with van der Waals surface area (Å²) in [6.45, 7) is 0.288. The van der Waals surface area contributed by atoms with Crippen molar-refractivity contribution in [2.24, 2.45) is 5.73 Å². The van der Waals surface area contributed by atoms with E-state index in [2.05, 4.69) is 10.3 Å². The number of nitrogens with one attached hydrogen (secondary N) is 1. The number of aliphatic hydroxyl groups excluding tert-OH is 1. The number of carbonyl (C=O) groups is 1. The second kappa shape index (κ2) is 5.63. The standard InChI is InChI=1S/C16H17N3O2/c17-9-12-7-11(5-6-18-12)16(21)19-15-13-4-2-1-3-10(13)8-14(15)20/h1-7,14-15,20H,8-9,17H2,(H,19,21)/t14-,15+/m1/s1. The first-order chi connectivity index (χ1) is 10.2. The number of hydrogen-bond donors (Lipinski definition) is 3. The van der Waals surface area contributed by atoms with Crippen LogP contribution in [0, 0.1) is 0 Å². The summed E-state index contributed by atoms with van der Waals surface area (Å²) in [5, 5.41) is 13.1. The van der Waals surface area contributed by atoms with Gasteiger partial charge in [-0.2, -0.15) is 0 Å². The molecule has 5 heteroatoms. The minimum absolute atomic E-state index is 0.229. The van der Waals surface area contributed by atoms with E-state index in [0.29, 0.717) is 17.7 Å². The van der Waals surface area contributed by atoms with Crippen LogP contribution in [0.25, 0.3) is 0 Å². The molecule has 21 heavy (non-hydrogen) atoms. The molecule has 0 radical (unpaired) electrons. The van der Waals surface area contributed by atoms with Gasteiger partial charge in [0, 0.05) is 24.7 Å². The van der Waals surface area contributed by atoms with Gasteiger partial charge >= 0.3 is 0 Å². The van der Waals surface area contributed by atoms with Gasteiger partial charge in [-0.15, -0.1) is 0 Å². The van der Waals surface area contributed by atoms with E-state index in [4.69, 9.17) is 5.73 Å². The first kappa shape index (κ1) is 13.7. The van der Waals surface area contributed by atoms with Gasteiger partial charge in [-0.25, -0.2) is 0 Å². The molecule has 1 amide bonds. The van der Waals surface area contributed by atoms with E-state index in [9.17, 15) is 9.90 Å². The van der Waals surface area contributed by atoms with E-state index < -0.39 is 6.10 Å². The highest BCUT2D eigenvalue weighted by Gasteiger charge is 2.32. The Labute approximate surface area is 122 Å². The van der Waals surface area contributed by atoms with E-state index in [1.165, 1.54) is 0 Å². The van der Waals surface area contributed by atoms with Gasteiger partial charge in [0.05, 0.1) is 17.8 Å². The lowest BCUT2D eigenvalue weighted by molar-refractivity contribution is 0.0858. The van der Waals surface area contributed by atoms with Crippen molar-refractivity contribution in [2.45, 2.75) is 25.1 Å². The number of aromatic nitrogens is 1. The van der Waals surface area contributed by atoms with Crippen LogP contribution in [-0.4, -0.2) is 22.1 Å². The Kier molecular flexibility index (Phi) is 3.68. The van der Waals surface area contributed by atoms with Crippen LogP contribution in [-0.2, 0) is 13.0 Å². The van der Waals surface area contributed by atoms with Crippen LogP contribution in [0.1, 0.15) is 33.2 Å². The van der Waals surface area contributed by atoms with Crippen LogP contribution in [0.2, 0.25) is 0 Å². The van der Waals surface area contributed by atoms with Crippen molar-refractivity contribution in [3.8, 4) is 0 Å². The summed E-state index contributed by atoms with van der Waals surface area (Å²) in [6.07, 6.45) is 1.53. The lowest BCUT2D eigenvalue weighted by Crippen LogP contribution is -2.34. The third-order valence-electron chi connectivity index (χ3n) is 3.78. The van der Waals surface area contributed by atoms with Crippen LogP contribution in [0.4, 0.5) is 0 Å². The zero-order valence-electron chi connectivity index (χ0n) is 11.5. The average Bonchev–Trinajstić information content (AvgIpc) is 2.83. The summed E-state index contributed by atoms with van der Waals surface area (Å²) in [4.78, 5) is 16.4. The highest BCUT2D eigenvalue weighted by molar-refractivity contribution is 5.94. The van der Waals surface area contributed by atoms with Gasteiger partial charge in [0.2, 0.25) is 0 Å². The molecular formula is C16H17N3O2. The topological polar surface area (TPSA) is 88.2 Å². The molecule has 0 aliphatic heterocycles. The molecule has 2 atom stereocenters. The summed E-state index contributed by atoms with van der Waals surface area (Å²) < 4.78 is 0. The molecule has 3 rings (SSSR count). The summed E-state index contributed by atoms with van der Waals surface area (Å²) in [7, 11) is 0. The Hall–Kier alpha value is -2.24. The van der Waals surface area contributed by atoms with E-state index in [-0.39, 0.29) is 18.5 Å². The first-order valence-electron chi connectivity index (χ1n) is 6.91. The van der Waals surface area contributed by atoms with E-state index in [1.54, 1.807) is 18.3 Å². The molecule has 0 saturated heterocycles. The maximum absolute atomic E-state index is 12.3. The predicted molar refractivity (Wildman–Crippen MR) is 78.5 cm³/mol. The second-order valence-corrected chi connectivity index (χ2v) is 5.16. The number of nitrogens with two attached hydrogens (primary N) is 1. The molecule has 0 spiro atoms. The lowest BCUT2D eigenvalue weighted by atomic mass is 10.1. The summed E-state index contributed by atoms with van der Waals surface area (Å²) in [5.74, 6) is -0.229.